The number of esters is 1. The van der Waals surface area contributed by atoms with E-state index in [4.69, 9.17) is 9.47 Å². The first-order valence-electron chi connectivity index (χ1n) is 7.35. The maximum absolute atomic E-state index is 12.4. The lowest BCUT2D eigenvalue weighted by molar-refractivity contribution is 0.00771. The van der Waals surface area contributed by atoms with Crippen molar-refractivity contribution in [1.82, 2.24) is 0 Å². The number of hydrogen-bond donors (Lipinski definition) is 0. The molecule has 110 valence electrons. The molecule has 0 spiro atoms. The maximum Gasteiger partial charge on any atom is 0.342 e. The second-order valence-electron chi connectivity index (χ2n) is 6.10. The van der Waals surface area contributed by atoms with Gasteiger partial charge in [-0.2, -0.15) is 0 Å². The molecule has 2 unspecified atom stereocenters. The van der Waals surface area contributed by atoms with Gasteiger partial charge in [0.1, 0.15) is 17.4 Å². The summed E-state index contributed by atoms with van der Waals surface area (Å²) in [6.07, 6.45) is 3.18. The Morgan fingerprint density at radius 2 is 1.80 bits per heavy atom. The van der Waals surface area contributed by atoms with Crippen LogP contribution in [0.4, 0.5) is 0 Å². The quantitative estimate of drug-likeness (QED) is 0.783. The summed E-state index contributed by atoms with van der Waals surface area (Å²) in [4.78, 5) is 12.4. The summed E-state index contributed by atoms with van der Waals surface area (Å²) in [5.41, 5.74) is 1.45. The van der Waals surface area contributed by atoms with Gasteiger partial charge in [-0.15, -0.1) is 0 Å². The Balaban J connectivity index is 2.12. The first-order chi connectivity index (χ1) is 9.51. The Hall–Kier alpha value is -1.51. The summed E-state index contributed by atoms with van der Waals surface area (Å²) in [5.74, 6) is 1.57. The lowest BCUT2D eigenvalue weighted by Gasteiger charge is -2.31. The molecule has 2 rings (SSSR count). The van der Waals surface area contributed by atoms with Crippen molar-refractivity contribution in [3.63, 3.8) is 0 Å². The van der Waals surface area contributed by atoms with Crippen molar-refractivity contribution in [2.45, 2.75) is 46.1 Å². The van der Waals surface area contributed by atoms with Crippen molar-refractivity contribution < 1.29 is 14.3 Å². The largest absolute Gasteiger partial charge is 0.496 e. The van der Waals surface area contributed by atoms with Crippen molar-refractivity contribution >= 4 is 5.97 Å². The molecule has 0 amide bonds. The zero-order valence-corrected chi connectivity index (χ0v) is 12.8. The van der Waals surface area contributed by atoms with Crippen LogP contribution in [-0.4, -0.2) is 19.2 Å². The molecule has 0 N–H and O–H groups in total. The fourth-order valence-corrected chi connectivity index (χ4v) is 3.25. The normalized spacial score (nSPS) is 26.1. The second-order valence-corrected chi connectivity index (χ2v) is 6.10. The van der Waals surface area contributed by atoms with Crippen LogP contribution >= 0.6 is 0 Å². The van der Waals surface area contributed by atoms with Gasteiger partial charge in [0, 0.05) is 0 Å². The molecule has 0 heterocycles. The van der Waals surface area contributed by atoms with Crippen LogP contribution in [-0.2, 0) is 4.74 Å². The van der Waals surface area contributed by atoms with Gasteiger partial charge in [0.15, 0.2) is 0 Å². The third-order valence-corrected chi connectivity index (χ3v) is 4.07. The van der Waals surface area contributed by atoms with E-state index in [1.54, 1.807) is 13.2 Å². The summed E-state index contributed by atoms with van der Waals surface area (Å²) in [6, 6.07) is 5.59. The monoisotopic (exact) mass is 276 g/mol. The van der Waals surface area contributed by atoms with Gasteiger partial charge in [-0.3, -0.25) is 0 Å². The number of carbonyl (C=O) groups excluding carboxylic acids is 1. The van der Waals surface area contributed by atoms with E-state index in [1.165, 1.54) is 6.42 Å². The summed E-state index contributed by atoms with van der Waals surface area (Å²) in [7, 11) is 1.58. The van der Waals surface area contributed by atoms with E-state index in [9.17, 15) is 4.79 Å². The van der Waals surface area contributed by atoms with Gasteiger partial charge in [0.2, 0.25) is 0 Å². The van der Waals surface area contributed by atoms with Gasteiger partial charge in [-0.05, 0) is 49.7 Å². The van der Waals surface area contributed by atoms with Gasteiger partial charge in [0.05, 0.1) is 7.11 Å². The highest BCUT2D eigenvalue weighted by Gasteiger charge is 2.28. The van der Waals surface area contributed by atoms with Gasteiger partial charge < -0.3 is 9.47 Å². The van der Waals surface area contributed by atoms with Crippen molar-refractivity contribution in [2.75, 3.05) is 7.11 Å². The predicted octanol–water partition coefficient (Wildman–Crippen LogP) is 3.99. The molecule has 1 aromatic carbocycles. The van der Waals surface area contributed by atoms with Crippen LogP contribution < -0.4 is 4.74 Å². The van der Waals surface area contributed by atoms with Crippen LogP contribution in [0, 0.1) is 18.8 Å². The van der Waals surface area contributed by atoms with Crippen molar-refractivity contribution in [1.29, 1.82) is 0 Å². The van der Waals surface area contributed by atoms with Gasteiger partial charge in [-0.1, -0.05) is 26.0 Å². The molecule has 1 aliphatic carbocycles. The van der Waals surface area contributed by atoms with E-state index in [0.29, 0.717) is 23.1 Å². The molecule has 0 bridgehead atoms. The predicted molar refractivity (Wildman–Crippen MR) is 79.1 cm³/mol. The highest BCUT2D eigenvalue weighted by molar-refractivity contribution is 5.94. The van der Waals surface area contributed by atoms with Crippen molar-refractivity contribution in [2.24, 2.45) is 11.8 Å². The maximum atomic E-state index is 12.4. The average Bonchev–Trinajstić information content (AvgIpc) is 2.36. The molecule has 2 atom stereocenters. The standard InChI is InChI=1S/C17H24O3/c1-11-8-12(2)10-14(9-11)20-17(18)16-13(3)6-5-7-15(16)19-4/h5-7,11-12,14H,8-10H2,1-4H3. The van der Waals surface area contributed by atoms with Crippen LogP contribution in [0.2, 0.25) is 0 Å². The third kappa shape index (κ3) is 3.33. The van der Waals surface area contributed by atoms with E-state index in [1.807, 2.05) is 19.1 Å². The minimum Gasteiger partial charge on any atom is -0.496 e. The number of benzene rings is 1. The number of aryl methyl sites for hydroxylation is 1. The number of rotatable bonds is 3. The molecule has 0 aromatic heterocycles. The zero-order chi connectivity index (χ0) is 14.7. The molecular weight excluding hydrogens is 252 g/mol. The van der Waals surface area contributed by atoms with Crippen molar-refractivity contribution in [3.8, 4) is 5.75 Å². The topological polar surface area (TPSA) is 35.5 Å². The second kappa shape index (κ2) is 6.29. The molecule has 3 heteroatoms. The van der Waals surface area contributed by atoms with E-state index < -0.39 is 0 Å². The fourth-order valence-electron chi connectivity index (χ4n) is 3.25. The van der Waals surface area contributed by atoms with E-state index in [2.05, 4.69) is 13.8 Å². The SMILES string of the molecule is COc1cccc(C)c1C(=O)OC1CC(C)CC(C)C1. The fraction of sp³-hybridized carbons (Fsp3) is 0.588. The molecule has 1 aliphatic rings. The number of ether oxygens (including phenoxy) is 2. The van der Waals surface area contributed by atoms with Gasteiger partial charge in [0.25, 0.3) is 0 Å². The molecule has 1 fully saturated rings. The first-order valence-corrected chi connectivity index (χ1v) is 7.35. The Morgan fingerprint density at radius 3 is 2.40 bits per heavy atom. The van der Waals surface area contributed by atoms with Crippen LogP contribution in [0.25, 0.3) is 0 Å². The average molecular weight is 276 g/mol. The Kier molecular flexibility index (Phi) is 4.69. The summed E-state index contributed by atoms with van der Waals surface area (Å²) >= 11 is 0. The van der Waals surface area contributed by atoms with Crippen LogP contribution in [0.15, 0.2) is 18.2 Å². The molecule has 3 nitrogen and oxygen atoms in total. The van der Waals surface area contributed by atoms with Crippen LogP contribution in [0.5, 0.6) is 5.75 Å². The zero-order valence-electron chi connectivity index (χ0n) is 12.8. The Bertz CT molecular complexity index is 471. The smallest absolute Gasteiger partial charge is 0.342 e. The highest BCUT2D eigenvalue weighted by atomic mass is 16.5. The number of methoxy groups -OCH3 is 1. The highest BCUT2D eigenvalue weighted by Crippen LogP contribution is 2.32. The van der Waals surface area contributed by atoms with E-state index in [-0.39, 0.29) is 12.1 Å². The van der Waals surface area contributed by atoms with Crippen LogP contribution in [0.3, 0.4) is 0 Å². The molecule has 0 aliphatic heterocycles. The number of hydrogen-bond acceptors (Lipinski definition) is 3. The molecule has 1 aromatic rings. The van der Waals surface area contributed by atoms with Crippen LogP contribution in [0.1, 0.15) is 49.0 Å². The lowest BCUT2D eigenvalue weighted by atomic mass is 9.82. The summed E-state index contributed by atoms with van der Waals surface area (Å²) in [5, 5.41) is 0. The minimum absolute atomic E-state index is 0.0329. The lowest BCUT2D eigenvalue weighted by Crippen LogP contribution is -2.28. The molecule has 1 saturated carbocycles. The number of carbonyl (C=O) groups is 1. The Morgan fingerprint density at radius 1 is 1.15 bits per heavy atom. The molecule has 0 saturated heterocycles. The van der Waals surface area contributed by atoms with Crippen molar-refractivity contribution in [3.05, 3.63) is 29.3 Å². The van der Waals surface area contributed by atoms with E-state index in [0.717, 1.165) is 18.4 Å². The van der Waals surface area contributed by atoms with Gasteiger partial charge >= 0.3 is 5.97 Å². The minimum atomic E-state index is -0.258. The molecule has 0 radical (unpaired) electrons. The first kappa shape index (κ1) is 14.9. The Labute approximate surface area is 121 Å². The molecular formula is C17H24O3. The summed E-state index contributed by atoms with van der Waals surface area (Å²) in [6.45, 7) is 6.36. The van der Waals surface area contributed by atoms with Gasteiger partial charge in [-0.25, -0.2) is 4.79 Å². The summed E-state index contributed by atoms with van der Waals surface area (Å²) < 4.78 is 11.0. The molecule has 20 heavy (non-hydrogen) atoms. The third-order valence-electron chi connectivity index (χ3n) is 4.07. The van der Waals surface area contributed by atoms with E-state index >= 15 is 0 Å².